The van der Waals surface area contributed by atoms with E-state index in [0.717, 1.165) is 24.1 Å². The van der Waals surface area contributed by atoms with E-state index in [1.807, 2.05) is 12.1 Å². The van der Waals surface area contributed by atoms with Crippen molar-refractivity contribution < 1.29 is 9.59 Å². The molecule has 0 saturated heterocycles. The minimum atomic E-state index is 0.0367. The van der Waals surface area contributed by atoms with Gasteiger partial charge in [0, 0.05) is 30.1 Å². The predicted octanol–water partition coefficient (Wildman–Crippen LogP) is 2.73. The van der Waals surface area contributed by atoms with Crippen LogP contribution in [0.1, 0.15) is 28.8 Å². The minimum absolute atomic E-state index is 0.0367. The van der Waals surface area contributed by atoms with Gasteiger partial charge in [-0.25, -0.2) is 9.97 Å². The smallest absolute Gasteiger partial charge is 0.224 e. The molecule has 1 aliphatic rings. The number of fused-ring (bicyclic) bond motifs is 1. The summed E-state index contributed by atoms with van der Waals surface area (Å²) in [6, 6.07) is 7.21. The highest BCUT2D eigenvalue weighted by Crippen LogP contribution is 2.24. The summed E-state index contributed by atoms with van der Waals surface area (Å²) in [6.45, 7) is 0. The molecule has 2 aromatic rings. The number of carbonyl (C=O) groups is 2. The molecule has 5 nitrogen and oxygen atoms in total. The highest BCUT2D eigenvalue weighted by molar-refractivity contribution is 7.99. The van der Waals surface area contributed by atoms with Gasteiger partial charge in [0.2, 0.25) is 5.91 Å². The molecule has 1 aliphatic heterocycles. The van der Waals surface area contributed by atoms with E-state index < -0.39 is 0 Å². The fourth-order valence-corrected chi connectivity index (χ4v) is 3.02. The van der Waals surface area contributed by atoms with Crippen molar-refractivity contribution in [2.24, 2.45) is 0 Å². The number of rotatable bonds is 4. The molecule has 6 heteroatoms. The Morgan fingerprint density at radius 2 is 2.05 bits per heavy atom. The van der Waals surface area contributed by atoms with Crippen molar-refractivity contribution in [3.8, 4) is 0 Å². The first kappa shape index (κ1) is 14.7. The normalized spacial score (nSPS) is 13.9. The zero-order valence-electron chi connectivity index (χ0n) is 11.9. The number of aryl methyl sites for hydroxylation is 1. The maximum Gasteiger partial charge on any atom is 0.224 e. The van der Waals surface area contributed by atoms with Crippen molar-refractivity contribution in [3.63, 3.8) is 0 Å². The molecule has 1 aromatic heterocycles. The molecule has 0 atom stereocenters. The zero-order valence-corrected chi connectivity index (χ0v) is 12.7. The third kappa shape index (κ3) is 3.51. The third-order valence-corrected chi connectivity index (χ3v) is 4.30. The summed E-state index contributed by atoms with van der Waals surface area (Å²) < 4.78 is 0. The summed E-state index contributed by atoms with van der Waals surface area (Å²) in [5.74, 6) is 0.375. The van der Waals surface area contributed by atoms with Crippen molar-refractivity contribution in [3.05, 3.63) is 47.8 Å². The molecule has 1 amide bonds. The van der Waals surface area contributed by atoms with Crippen LogP contribution in [0.15, 0.2) is 41.8 Å². The Bertz CT molecular complexity index is 704. The van der Waals surface area contributed by atoms with Gasteiger partial charge in [-0.3, -0.25) is 9.59 Å². The number of nitrogens with zero attached hydrogens (tertiary/aromatic N) is 2. The Kier molecular flexibility index (Phi) is 4.48. The van der Waals surface area contributed by atoms with Gasteiger partial charge in [0.25, 0.3) is 0 Å². The lowest BCUT2D eigenvalue weighted by molar-refractivity contribution is -0.116. The number of nitrogens with one attached hydrogen (secondary N) is 1. The molecular formula is C16H15N3O2S. The maximum absolute atomic E-state index is 12.3. The highest BCUT2D eigenvalue weighted by atomic mass is 32.2. The van der Waals surface area contributed by atoms with Gasteiger partial charge in [-0.2, -0.15) is 0 Å². The lowest BCUT2D eigenvalue weighted by Crippen LogP contribution is -2.10. The number of ketones is 1. The third-order valence-electron chi connectivity index (χ3n) is 3.43. The van der Waals surface area contributed by atoms with Gasteiger partial charge in [-0.1, -0.05) is 11.8 Å². The Morgan fingerprint density at radius 3 is 2.86 bits per heavy atom. The maximum atomic E-state index is 12.3. The monoisotopic (exact) mass is 313 g/mol. The number of anilines is 1. The molecule has 1 N–H and O–H groups in total. The van der Waals surface area contributed by atoms with Gasteiger partial charge in [0.1, 0.15) is 0 Å². The molecule has 22 heavy (non-hydrogen) atoms. The van der Waals surface area contributed by atoms with E-state index in [9.17, 15) is 9.59 Å². The number of aromatic nitrogens is 2. The number of amides is 1. The first-order chi connectivity index (χ1) is 10.7. The summed E-state index contributed by atoms with van der Waals surface area (Å²) in [7, 11) is 0. The van der Waals surface area contributed by atoms with Crippen molar-refractivity contribution in [1.29, 1.82) is 0 Å². The second kappa shape index (κ2) is 6.70. The van der Waals surface area contributed by atoms with Crippen LogP contribution in [0.3, 0.4) is 0 Å². The Labute approximate surface area is 132 Å². The molecule has 0 saturated carbocycles. The van der Waals surface area contributed by atoms with E-state index in [-0.39, 0.29) is 11.7 Å². The highest BCUT2D eigenvalue weighted by Gasteiger charge is 2.15. The number of hydrogen-bond donors (Lipinski definition) is 1. The molecule has 0 spiro atoms. The molecule has 0 bridgehead atoms. The fourth-order valence-electron chi connectivity index (χ4n) is 2.32. The van der Waals surface area contributed by atoms with Crippen LogP contribution in [0, 0.1) is 0 Å². The number of hydrogen-bond acceptors (Lipinski definition) is 5. The Hall–Kier alpha value is -2.21. The summed E-state index contributed by atoms with van der Waals surface area (Å²) in [4.78, 5) is 32.0. The minimum Gasteiger partial charge on any atom is -0.326 e. The first-order valence-corrected chi connectivity index (χ1v) is 8.07. The van der Waals surface area contributed by atoms with E-state index in [2.05, 4.69) is 15.3 Å². The number of carbonyl (C=O) groups excluding carboxylic acids is 2. The van der Waals surface area contributed by atoms with Crippen molar-refractivity contribution in [2.75, 3.05) is 11.1 Å². The topological polar surface area (TPSA) is 72.0 Å². The SMILES string of the molecule is O=C1CCCc2cc(C(=O)CSc3ncccn3)ccc2N1. The lowest BCUT2D eigenvalue weighted by Gasteiger charge is -2.08. The molecular weight excluding hydrogens is 298 g/mol. The number of benzene rings is 1. The lowest BCUT2D eigenvalue weighted by atomic mass is 10.0. The van der Waals surface area contributed by atoms with Gasteiger partial charge in [0.05, 0.1) is 5.75 Å². The quantitative estimate of drug-likeness (QED) is 0.534. The molecule has 1 aromatic carbocycles. The van der Waals surface area contributed by atoms with Crippen LogP contribution in [0.25, 0.3) is 0 Å². The molecule has 112 valence electrons. The van der Waals surface area contributed by atoms with Crippen LogP contribution in [0.4, 0.5) is 5.69 Å². The average molecular weight is 313 g/mol. The molecule has 0 fully saturated rings. The van der Waals surface area contributed by atoms with Gasteiger partial charge in [0.15, 0.2) is 10.9 Å². The fraction of sp³-hybridized carbons (Fsp3) is 0.250. The van der Waals surface area contributed by atoms with Crippen molar-refractivity contribution in [1.82, 2.24) is 9.97 Å². The molecule has 2 heterocycles. The van der Waals surface area contributed by atoms with E-state index in [0.29, 0.717) is 22.9 Å². The standard InChI is InChI=1S/C16H15N3O2S/c20-14(10-22-16-17-7-2-8-18-16)12-5-6-13-11(9-12)3-1-4-15(21)19-13/h2,5-9H,1,3-4,10H2,(H,19,21). The van der Waals surface area contributed by atoms with E-state index >= 15 is 0 Å². The average Bonchev–Trinajstić information content (AvgIpc) is 2.73. The summed E-state index contributed by atoms with van der Waals surface area (Å²) in [5.41, 5.74) is 2.51. The molecule has 3 rings (SSSR count). The Morgan fingerprint density at radius 1 is 1.23 bits per heavy atom. The van der Waals surface area contributed by atoms with Gasteiger partial charge in [-0.05, 0) is 42.7 Å². The summed E-state index contributed by atoms with van der Waals surface area (Å²) in [5, 5.41) is 3.47. The zero-order chi connectivity index (χ0) is 15.4. The van der Waals surface area contributed by atoms with E-state index in [1.165, 1.54) is 11.8 Å². The second-order valence-electron chi connectivity index (χ2n) is 5.02. The Balaban J connectivity index is 1.71. The van der Waals surface area contributed by atoms with E-state index in [1.54, 1.807) is 24.5 Å². The van der Waals surface area contributed by atoms with Crippen molar-refractivity contribution in [2.45, 2.75) is 24.4 Å². The van der Waals surface area contributed by atoms with Crippen LogP contribution < -0.4 is 5.32 Å². The molecule has 0 radical (unpaired) electrons. The van der Waals surface area contributed by atoms with Crippen LogP contribution in [0.2, 0.25) is 0 Å². The van der Waals surface area contributed by atoms with Crippen molar-refractivity contribution >= 4 is 29.1 Å². The van der Waals surface area contributed by atoms with Gasteiger partial charge >= 0.3 is 0 Å². The first-order valence-electron chi connectivity index (χ1n) is 7.08. The number of Topliss-reactive ketones (excluding diaryl/α,β-unsaturated/α-hetero) is 1. The van der Waals surface area contributed by atoms with Crippen LogP contribution in [-0.2, 0) is 11.2 Å². The van der Waals surface area contributed by atoms with Crippen LogP contribution >= 0.6 is 11.8 Å². The molecule has 0 unspecified atom stereocenters. The van der Waals surface area contributed by atoms with Gasteiger partial charge in [-0.15, -0.1) is 0 Å². The molecule has 0 aliphatic carbocycles. The predicted molar refractivity (Wildman–Crippen MR) is 85.1 cm³/mol. The van der Waals surface area contributed by atoms with Crippen LogP contribution in [-0.4, -0.2) is 27.4 Å². The van der Waals surface area contributed by atoms with E-state index in [4.69, 9.17) is 0 Å². The number of thioether (sulfide) groups is 1. The summed E-state index contributed by atoms with van der Waals surface area (Å²) >= 11 is 1.32. The van der Waals surface area contributed by atoms with Crippen LogP contribution in [0.5, 0.6) is 0 Å². The summed E-state index contributed by atoms with van der Waals surface area (Å²) in [6.07, 6.45) is 5.46. The van der Waals surface area contributed by atoms with Gasteiger partial charge < -0.3 is 5.32 Å². The second-order valence-corrected chi connectivity index (χ2v) is 5.96. The largest absolute Gasteiger partial charge is 0.326 e.